The largest absolute Gasteiger partial charge is 0.308 e. The first-order chi connectivity index (χ1) is 7.04. The van der Waals surface area contributed by atoms with E-state index in [1.54, 1.807) is 6.07 Å². The highest BCUT2D eigenvalue weighted by Crippen LogP contribution is 2.37. The van der Waals surface area contributed by atoms with Crippen molar-refractivity contribution in [3.05, 3.63) is 33.0 Å². The fraction of sp³-hybridized carbons (Fsp3) is 0.455. The van der Waals surface area contributed by atoms with Crippen LogP contribution in [-0.2, 0) is 5.54 Å². The molecule has 0 bridgehead atoms. The van der Waals surface area contributed by atoms with Crippen molar-refractivity contribution in [1.29, 1.82) is 0 Å². The van der Waals surface area contributed by atoms with E-state index in [1.807, 2.05) is 6.07 Å². The first-order valence-electron chi connectivity index (χ1n) is 4.93. The fourth-order valence-electron chi connectivity index (χ4n) is 2.08. The summed E-state index contributed by atoms with van der Waals surface area (Å²) in [6.07, 6.45) is 2.10. The number of nitrogens with one attached hydrogen (secondary N) is 1. The molecule has 1 aromatic carbocycles. The average Bonchev–Trinajstić information content (AvgIpc) is 2.62. The Morgan fingerprint density at radius 1 is 1.53 bits per heavy atom. The summed E-state index contributed by atoms with van der Waals surface area (Å²) >= 11 is 9.15. The van der Waals surface area contributed by atoms with Gasteiger partial charge in [0.05, 0.1) is 9.50 Å². The van der Waals surface area contributed by atoms with Gasteiger partial charge in [0.2, 0.25) is 0 Å². The molecular weight excluding hydrogens is 280 g/mol. The summed E-state index contributed by atoms with van der Waals surface area (Å²) in [4.78, 5) is 0. The molecular formula is C11H12BrClFN. The molecule has 0 aromatic heterocycles. The van der Waals surface area contributed by atoms with Gasteiger partial charge in [-0.2, -0.15) is 0 Å². The van der Waals surface area contributed by atoms with Crippen LogP contribution in [0.4, 0.5) is 4.39 Å². The van der Waals surface area contributed by atoms with Crippen LogP contribution in [0.1, 0.15) is 25.3 Å². The van der Waals surface area contributed by atoms with Crippen molar-refractivity contribution in [2.45, 2.75) is 25.3 Å². The van der Waals surface area contributed by atoms with Crippen molar-refractivity contribution < 1.29 is 4.39 Å². The van der Waals surface area contributed by atoms with Gasteiger partial charge >= 0.3 is 0 Å². The summed E-state index contributed by atoms with van der Waals surface area (Å²) < 4.78 is 14.0. The second kappa shape index (κ2) is 4.04. The SMILES string of the molecule is CC1(c2ccc(Br)c(F)c2Cl)CCCN1. The lowest BCUT2D eigenvalue weighted by Gasteiger charge is -2.26. The van der Waals surface area contributed by atoms with Gasteiger partial charge in [-0.05, 0) is 53.9 Å². The van der Waals surface area contributed by atoms with Crippen molar-refractivity contribution in [1.82, 2.24) is 5.32 Å². The molecule has 1 heterocycles. The van der Waals surface area contributed by atoms with Crippen LogP contribution in [0.3, 0.4) is 0 Å². The van der Waals surface area contributed by atoms with Crippen molar-refractivity contribution in [3.63, 3.8) is 0 Å². The maximum atomic E-state index is 13.6. The second-order valence-corrected chi connectivity index (χ2v) is 5.32. The zero-order valence-corrected chi connectivity index (χ0v) is 10.8. The zero-order chi connectivity index (χ0) is 11.1. The molecule has 0 spiro atoms. The predicted octanol–water partition coefficient (Wildman–Crippen LogP) is 3.84. The molecule has 1 fully saturated rings. The first-order valence-corrected chi connectivity index (χ1v) is 6.11. The normalized spacial score (nSPS) is 25.9. The van der Waals surface area contributed by atoms with E-state index in [4.69, 9.17) is 11.6 Å². The second-order valence-electron chi connectivity index (χ2n) is 4.09. The Morgan fingerprint density at radius 2 is 2.27 bits per heavy atom. The minimum atomic E-state index is -0.371. The zero-order valence-electron chi connectivity index (χ0n) is 8.41. The smallest absolute Gasteiger partial charge is 0.156 e. The summed E-state index contributed by atoms with van der Waals surface area (Å²) in [6, 6.07) is 3.59. The van der Waals surface area contributed by atoms with E-state index in [0.29, 0.717) is 4.47 Å². The molecule has 2 rings (SSSR count). The van der Waals surface area contributed by atoms with Crippen LogP contribution < -0.4 is 5.32 Å². The van der Waals surface area contributed by atoms with Gasteiger partial charge in [-0.25, -0.2) is 4.39 Å². The van der Waals surface area contributed by atoms with Crippen molar-refractivity contribution in [3.8, 4) is 0 Å². The number of hydrogen-bond donors (Lipinski definition) is 1. The monoisotopic (exact) mass is 291 g/mol. The molecule has 1 aliphatic rings. The van der Waals surface area contributed by atoms with Gasteiger partial charge in [-0.3, -0.25) is 0 Å². The van der Waals surface area contributed by atoms with Crippen LogP contribution in [0.15, 0.2) is 16.6 Å². The number of halogens is 3. The molecule has 1 saturated heterocycles. The van der Waals surface area contributed by atoms with Gasteiger partial charge in [-0.15, -0.1) is 0 Å². The van der Waals surface area contributed by atoms with Crippen LogP contribution in [-0.4, -0.2) is 6.54 Å². The van der Waals surface area contributed by atoms with Crippen LogP contribution in [0.25, 0.3) is 0 Å². The van der Waals surface area contributed by atoms with Crippen LogP contribution in [0, 0.1) is 5.82 Å². The molecule has 1 aliphatic heterocycles. The third-order valence-corrected chi connectivity index (χ3v) is 3.98. The fourth-order valence-corrected chi connectivity index (χ4v) is 2.89. The Kier molecular flexibility index (Phi) is 3.06. The summed E-state index contributed by atoms with van der Waals surface area (Å²) in [5.74, 6) is -0.371. The van der Waals surface area contributed by atoms with Crippen molar-refractivity contribution in [2.24, 2.45) is 0 Å². The van der Waals surface area contributed by atoms with E-state index in [9.17, 15) is 4.39 Å². The van der Waals surface area contributed by atoms with Crippen molar-refractivity contribution in [2.75, 3.05) is 6.54 Å². The molecule has 4 heteroatoms. The van der Waals surface area contributed by atoms with Gasteiger partial charge in [-0.1, -0.05) is 17.7 Å². The van der Waals surface area contributed by atoms with E-state index in [0.717, 1.165) is 24.9 Å². The Morgan fingerprint density at radius 3 is 2.87 bits per heavy atom. The summed E-state index contributed by atoms with van der Waals surface area (Å²) in [7, 11) is 0. The highest BCUT2D eigenvalue weighted by molar-refractivity contribution is 9.10. The Balaban J connectivity index is 2.49. The third kappa shape index (κ3) is 1.93. The first kappa shape index (κ1) is 11.4. The van der Waals surface area contributed by atoms with Gasteiger partial charge in [0.15, 0.2) is 5.82 Å². The van der Waals surface area contributed by atoms with Crippen molar-refractivity contribution >= 4 is 27.5 Å². The molecule has 15 heavy (non-hydrogen) atoms. The molecule has 1 atom stereocenters. The van der Waals surface area contributed by atoms with Crippen LogP contribution in [0.2, 0.25) is 5.02 Å². The summed E-state index contributed by atoms with van der Waals surface area (Å²) in [6.45, 7) is 3.03. The standard InChI is InChI=1S/C11H12BrClFN/c1-11(5-2-6-15-11)7-3-4-8(12)10(14)9(7)13/h3-4,15H,2,5-6H2,1H3. The predicted molar refractivity (Wildman–Crippen MR) is 63.7 cm³/mol. The van der Waals surface area contributed by atoms with E-state index >= 15 is 0 Å². The van der Waals surface area contributed by atoms with E-state index in [1.165, 1.54) is 0 Å². The minimum absolute atomic E-state index is 0.182. The highest BCUT2D eigenvalue weighted by Gasteiger charge is 2.32. The van der Waals surface area contributed by atoms with E-state index in [2.05, 4.69) is 28.2 Å². The Bertz CT molecular complexity index is 388. The molecule has 0 radical (unpaired) electrons. The lowest BCUT2D eigenvalue weighted by atomic mass is 9.90. The minimum Gasteiger partial charge on any atom is -0.308 e. The number of benzene rings is 1. The quantitative estimate of drug-likeness (QED) is 0.776. The van der Waals surface area contributed by atoms with Crippen LogP contribution >= 0.6 is 27.5 Å². The van der Waals surface area contributed by atoms with Gasteiger partial charge in [0.1, 0.15) is 0 Å². The Labute approximate surface area is 102 Å². The topological polar surface area (TPSA) is 12.0 Å². The molecule has 0 aliphatic carbocycles. The molecule has 82 valence electrons. The number of hydrogen-bond acceptors (Lipinski definition) is 1. The lowest BCUT2D eigenvalue weighted by molar-refractivity contribution is 0.431. The van der Waals surface area contributed by atoms with E-state index < -0.39 is 0 Å². The third-order valence-electron chi connectivity index (χ3n) is 3.00. The maximum Gasteiger partial charge on any atom is 0.156 e. The van der Waals surface area contributed by atoms with E-state index in [-0.39, 0.29) is 16.4 Å². The molecule has 1 N–H and O–H groups in total. The van der Waals surface area contributed by atoms with Gasteiger partial charge in [0, 0.05) is 5.54 Å². The maximum absolute atomic E-state index is 13.6. The van der Waals surface area contributed by atoms with Crippen LogP contribution in [0.5, 0.6) is 0 Å². The van der Waals surface area contributed by atoms with Gasteiger partial charge < -0.3 is 5.32 Å². The molecule has 1 aromatic rings. The summed E-state index contributed by atoms with van der Waals surface area (Å²) in [5.41, 5.74) is 0.667. The molecule has 0 amide bonds. The molecule has 1 nitrogen and oxygen atoms in total. The number of rotatable bonds is 1. The highest BCUT2D eigenvalue weighted by atomic mass is 79.9. The summed E-state index contributed by atoms with van der Waals surface area (Å²) in [5, 5.41) is 3.59. The lowest BCUT2D eigenvalue weighted by Crippen LogP contribution is -2.33. The van der Waals surface area contributed by atoms with Gasteiger partial charge in [0.25, 0.3) is 0 Å². The average molecular weight is 293 g/mol. The molecule has 0 saturated carbocycles. The molecule has 1 unspecified atom stereocenters. The Hall–Kier alpha value is -0.120.